The van der Waals surface area contributed by atoms with Crippen molar-refractivity contribution in [1.29, 1.82) is 0 Å². The van der Waals surface area contributed by atoms with Gasteiger partial charge in [-0.2, -0.15) is 13.2 Å². The average Bonchev–Trinajstić information content (AvgIpc) is 2.84. The maximum absolute atomic E-state index is 13.0. The molecule has 0 spiro atoms. The van der Waals surface area contributed by atoms with Crippen molar-refractivity contribution in [3.63, 3.8) is 0 Å². The third-order valence-corrected chi connectivity index (χ3v) is 6.38. The number of aromatic nitrogens is 3. The first kappa shape index (κ1) is 25.7. The van der Waals surface area contributed by atoms with Gasteiger partial charge in [0, 0.05) is 11.1 Å². The van der Waals surface area contributed by atoms with E-state index in [9.17, 15) is 18.0 Å². The van der Waals surface area contributed by atoms with Gasteiger partial charge in [-0.05, 0) is 32.0 Å². The molecule has 1 N–H and O–H groups in total. The molecule has 0 fully saturated rings. The van der Waals surface area contributed by atoms with Crippen molar-refractivity contribution in [3.8, 4) is 22.5 Å². The molecule has 4 aromatic rings. The average molecular weight is 529 g/mol. The summed E-state index contributed by atoms with van der Waals surface area (Å²) in [7, 11) is 0. The van der Waals surface area contributed by atoms with Gasteiger partial charge in [-0.3, -0.25) is 4.79 Å². The van der Waals surface area contributed by atoms with Crippen LogP contribution in [0.1, 0.15) is 16.7 Å². The van der Waals surface area contributed by atoms with E-state index in [1.165, 1.54) is 0 Å². The van der Waals surface area contributed by atoms with Gasteiger partial charge in [-0.1, -0.05) is 83.0 Å². The van der Waals surface area contributed by atoms with E-state index >= 15 is 0 Å². The zero-order valence-electron chi connectivity index (χ0n) is 19.2. The van der Waals surface area contributed by atoms with Crippen molar-refractivity contribution < 1.29 is 18.0 Å². The number of halogens is 4. The van der Waals surface area contributed by atoms with Crippen LogP contribution in [0.4, 0.5) is 18.9 Å². The number of carbonyl (C=O) groups excluding carboxylic acids is 1. The normalized spacial score (nSPS) is 11.4. The Balaban J connectivity index is 1.56. The van der Waals surface area contributed by atoms with Gasteiger partial charge in [0.15, 0.2) is 0 Å². The topological polar surface area (TPSA) is 67.8 Å². The largest absolute Gasteiger partial charge is 0.416 e. The molecule has 184 valence electrons. The van der Waals surface area contributed by atoms with E-state index in [1.807, 2.05) is 62.4 Å². The fraction of sp³-hybridized carbons (Fsp3) is 0.154. The summed E-state index contributed by atoms with van der Waals surface area (Å²) < 4.78 is 39.0. The molecule has 5 nitrogen and oxygen atoms in total. The molecule has 1 amide bonds. The van der Waals surface area contributed by atoms with Crippen molar-refractivity contribution >= 4 is 35.0 Å². The van der Waals surface area contributed by atoms with Gasteiger partial charge in [0.25, 0.3) is 0 Å². The van der Waals surface area contributed by atoms with E-state index in [2.05, 4.69) is 20.5 Å². The van der Waals surface area contributed by atoms with Crippen LogP contribution < -0.4 is 5.32 Å². The molecule has 0 saturated carbocycles. The third-order valence-electron chi connectivity index (χ3n) is 5.22. The summed E-state index contributed by atoms with van der Waals surface area (Å²) in [5.41, 5.74) is 4.08. The minimum atomic E-state index is -4.55. The maximum Gasteiger partial charge on any atom is 0.416 e. The van der Waals surface area contributed by atoms with Gasteiger partial charge < -0.3 is 5.32 Å². The summed E-state index contributed by atoms with van der Waals surface area (Å²) in [5.74, 6) is -0.699. The number of amides is 1. The van der Waals surface area contributed by atoms with Crippen LogP contribution in [-0.2, 0) is 11.0 Å². The zero-order chi connectivity index (χ0) is 25.9. The lowest BCUT2D eigenvalue weighted by Gasteiger charge is -2.12. The van der Waals surface area contributed by atoms with Gasteiger partial charge in [-0.15, -0.1) is 10.2 Å². The number of nitrogens with zero attached hydrogens (tertiary/aromatic N) is 3. The lowest BCUT2D eigenvalue weighted by atomic mass is 10.0. The summed E-state index contributed by atoms with van der Waals surface area (Å²) in [5, 5.41) is 11.2. The molecule has 0 aliphatic rings. The first-order valence-electron chi connectivity index (χ1n) is 10.8. The predicted octanol–water partition coefficient (Wildman–Crippen LogP) is 7.23. The van der Waals surface area contributed by atoms with Gasteiger partial charge >= 0.3 is 6.18 Å². The number of benzene rings is 3. The van der Waals surface area contributed by atoms with Crippen molar-refractivity contribution in [2.45, 2.75) is 25.2 Å². The molecule has 0 aliphatic heterocycles. The molecule has 3 aromatic carbocycles. The summed E-state index contributed by atoms with van der Waals surface area (Å²) in [6.07, 6.45) is -4.55. The molecule has 36 heavy (non-hydrogen) atoms. The predicted molar refractivity (Wildman–Crippen MR) is 136 cm³/mol. The van der Waals surface area contributed by atoms with Gasteiger partial charge in [-0.25, -0.2) is 4.98 Å². The van der Waals surface area contributed by atoms with Gasteiger partial charge in [0.05, 0.1) is 22.0 Å². The maximum atomic E-state index is 13.0. The molecule has 0 unspecified atom stereocenters. The van der Waals surface area contributed by atoms with Crippen LogP contribution in [0.15, 0.2) is 71.9 Å². The van der Waals surface area contributed by atoms with Crippen molar-refractivity contribution in [2.75, 3.05) is 11.1 Å². The number of nitrogens with one attached hydrogen (secondary N) is 1. The Bertz CT molecular complexity index is 1390. The lowest BCUT2D eigenvalue weighted by Crippen LogP contribution is -2.16. The summed E-state index contributed by atoms with van der Waals surface area (Å²) in [6, 6.07) is 18.4. The lowest BCUT2D eigenvalue weighted by molar-refractivity contribution is -0.137. The van der Waals surface area contributed by atoms with E-state index in [4.69, 9.17) is 11.6 Å². The second kappa shape index (κ2) is 10.7. The highest BCUT2D eigenvalue weighted by atomic mass is 35.5. The first-order valence-corrected chi connectivity index (χ1v) is 12.1. The molecule has 0 radical (unpaired) electrons. The Morgan fingerprint density at radius 2 is 1.47 bits per heavy atom. The molecule has 0 bridgehead atoms. The Morgan fingerprint density at radius 3 is 2.06 bits per heavy atom. The van der Waals surface area contributed by atoms with E-state index in [1.54, 1.807) is 0 Å². The molecular formula is C26H20ClF3N4OS. The Kier molecular flexibility index (Phi) is 7.61. The third kappa shape index (κ3) is 6.22. The molecular weight excluding hydrogens is 509 g/mol. The first-order chi connectivity index (χ1) is 17.1. The SMILES string of the molecule is Cc1ccc(-c2nnc(SCC(=O)Nc3cc(C(F)(F)F)ccc3Cl)nc2-c2ccc(C)cc2)cc1. The fourth-order valence-electron chi connectivity index (χ4n) is 3.30. The number of thioether (sulfide) groups is 1. The van der Waals surface area contributed by atoms with Crippen LogP contribution in [0.5, 0.6) is 0 Å². The number of aryl methyl sites for hydroxylation is 2. The molecule has 0 aliphatic carbocycles. The number of rotatable bonds is 6. The van der Waals surface area contributed by atoms with Crippen LogP contribution in [0.3, 0.4) is 0 Å². The Morgan fingerprint density at radius 1 is 0.889 bits per heavy atom. The second-order valence-electron chi connectivity index (χ2n) is 8.05. The standard InChI is InChI=1S/C26H20ClF3N4OS/c1-15-3-7-17(8-4-15)23-24(18-9-5-16(2)6-10-18)33-34-25(32-23)36-14-22(35)31-21-13-19(26(28,29)30)11-12-20(21)27/h3-13H,14H2,1-2H3,(H,31,35). The van der Waals surface area contributed by atoms with Crippen molar-refractivity contribution in [3.05, 3.63) is 88.4 Å². The Labute approximate surface area is 215 Å². The quantitative estimate of drug-likeness (QED) is 0.267. The van der Waals surface area contributed by atoms with Crippen LogP contribution in [0, 0.1) is 13.8 Å². The number of alkyl halides is 3. The minimum absolute atomic E-state index is 0.00312. The van der Waals surface area contributed by atoms with Gasteiger partial charge in [0.2, 0.25) is 11.1 Å². The number of carbonyl (C=O) groups is 1. The van der Waals surface area contributed by atoms with Crippen LogP contribution in [-0.4, -0.2) is 26.8 Å². The highest BCUT2D eigenvalue weighted by molar-refractivity contribution is 7.99. The molecule has 1 heterocycles. The monoisotopic (exact) mass is 528 g/mol. The zero-order valence-corrected chi connectivity index (χ0v) is 20.8. The van der Waals surface area contributed by atoms with E-state index in [0.717, 1.165) is 52.2 Å². The van der Waals surface area contributed by atoms with Gasteiger partial charge in [0.1, 0.15) is 11.4 Å². The highest BCUT2D eigenvalue weighted by Crippen LogP contribution is 2.34. The smallest absolute Gasteiger partial charge is 0.324 e. The highest BCUT2D eigenvalue weighted by Gasteiger charge is 2.31. The molecule has 1 aromatic heterocycles. The molecule has 0 saturated heterocycles. The summed E-state index contributed by atoms with van der Waals surface area (Å²) in [6.45, 7) is 3.98. The molecule has 0 atom stereocenters. The van der Waals surface area contributed by atoms with Crippen LogP contribution in [0.2, 0.25) is 5.02 Å². The van der Waals surface area contributed by atoms with Crippen molar-refractivity contribution in [2.24, 2.45) is 0 Å². The second-order valence-corrected chi connectivity index (χ2v) is 9.40. The van der Waals surface area contributed by atoms with Crippen LogP contribution in [0.25, 0.3) is 22.5 Å². The minimum Gasteiger partial charge on any atom is -0.324 e. The van der Waals surface area contributed by atoms with Crippen LogP contribution >= 0.6 is 23.4 Å². The van der Waals surface area contributed by atoms with E-state index in [-0.39, 0.29) is 21.6 Å². The number of hydrogen-bond donors (Lipinski definition) is 1. The molecule has 4 rings (SSSR count). The van der Waals surface area contributed by atoms with E-state index < -0.39 is 17.6 Å². The van der Waals surface area contributed by atoms with Crippen molar-refractivity contribution in [1.82, 2.24) is 15.2 Å². The summed E-state index contributed by atoms with van der Waals surface area (Å²) >= 11 is 6.99. The number of hydrogen-bond acceptors (Lipinski definition) is 5. The van der Waals surface area contributed by atoms with E-state index in [0.29, 0.717) is 11.4 Å². The summed E-state index contributed by atoms with van der Waals surface area (Å²) in [4.78, 5) is 17.1. The Hall–Kier alpha value is -3.43. The number of anilines is 1. The molecule has 10 heteroatoms. The fourth-order valence-corrected chi connectivity index (χ4v) is 4.06.